The van der Waals surface area contributed by atoms with Crippen LogP contribution in [0.5, 0.6) is 0 Å². The van der Waals surface area contributed by atoms with Crippen LogP contribution in [-0.2, 0) is 9.53 Å². The molecule has 1 aliphatic rings. The van der Waals surface area contributed by atoms with E-state index >= 15 is 0 Å². The minimum Gasteiger partial charge on any atom is -0.463 e. The number of esters is 1. The minimum absolute atomic E-state index is 0.155. The van der Waals surface area contributed by atoms with Crippen molar-refractivity contribution in [3.63, 3.8) is 0 Å². The monoisotopic (exact) mass is 364 g/mol. The molecule has 0 aromatic rings. The van der Waals surface area contributed by atoms with E-state index in [0.29, 0.717) is 12.5 Å². The van der Waals surface area contributed by atoms with Gasteiger partial charge >= 0.3 is 5.97 Å². The van der Waals surface area contributed by atoms with Crippen LogP contribution in [0.1, 0.15) is 122 Å². The van der Waals surface area contributed by atoms with Crippen LogP contribution in [0.2, 0.25) is 0 Å². The van der Waals surface area contributed by atoms with E-state index in [2.05, 4.69) is 6.92 Å². The molecule has 0 aliphatic heterocycles. The van der Waals surface area contributed by atoms with Crippen LogP contribution in [0, 0.1) is 5.92 Å². The molecule has 0 saturated heterocycles. The Hall–Kier alpha value is -0.790. The van der Waals surface area contributed by atoms with Gasteiger partial charge in [0, 0.05) is 6.08 Å². The van der Waals surface area contributed by atoms with Crippen LogP contribution >= 0.6 is 0 Å². The number of carbonyl (C=O) groups is 1. The standard InChI is InChI=1S/C24H44O2/c1-2-3-4-5-6-7-8-9-10-11-12-13-14-15-16-17-22-26-24(25)21-20-23-18-19-23/h20-21,23H,2-19,22H2,1H3. The average molecular weight is 365 g/mol. The smallest absolute Gasteiger partial charge is 0.330 e. The van der Waals surface area contributed by atoms with Gasteiger partial charge in [0.15, 0.2) is 0 Å². The number of rotatable bonds is 19. The van der Waals surface area contributed by atoms with Crippen molar-refractivity contribution in [3.8, 4) is 0 Å². The fourth-order valence-electron chi connectivity index (χ4n) is 3.37. The van der Waals surface area contributed by atoms with Crippen LogP contribution in [-0.4, -0.2) is 12.6 Å². The van der Waals surface area contributed by atoms with E-state index in [9.17, 15) is 4.79 Å². The molecular formula is C24H44O2. The molecule has 0 bridgehead atoms. The maximum Gasteiger partial charge on any atom is 0.330 e. The molecule has 2 heteroatoms. The molecule has 2 nitrogen and oxygen atoms in total. The third kappa shape index (κ3) is 16.7. The first-order valence-electron chi connectivity index (χ1n) is 11.7. The lowest BCUT2D eigenvalue weighted by molar-refractivity contribution is -0.137. The highest BCUT2D eigenvalue weighted by Crippen LogP contribution is 2.29. The summed E-state index contributed by atoms with van der Waals surface area (Å²) in [5.74, 6) is 0.496. The van der Waals surface area contributed by atoms with Gasteiger partial charge in [-0.1, -0.05) is 109 Å². The van der Waals surface area contributed by atoms with Gasteiger partial charge in [-0.25, -0.2) is 4.79 Å². The lowest BCUT2D eigenvalue weighted by Gasteiger charge is -2.04. The Morgan fingerprint density at radius 1 is 0.731 bits per heavy atom. The second kappa shape index (κ2) is 17.6. The number of ether oxygens (including phenoxy) is 1. The average Bonchev–Trinajstić information content (AvgIpc) is 3.47. The predicted molar refractivity (Wildman–Crippen MR) is 112 cm³/mol. The van der Waals surface area contributed by atoms with Crippen molar-refractivity contribution < 1.29 is 9.53 Å². The van der Waals surface area contributed by atoms with E-state index in [1.54, 1.807) is 6.08 Å². The van der Waals surface area contributed by atoms with Crippen molar-refractivity contribution in [2.24, 2.45) is 5.92 Å². The first-order chi connectivity index (χ1) is 12.8. The molecule has 0 heterocycles. The Bertz CT molecular complexity index is 344. The highest BCUT2D eigenvalue weighted by Gasteiger charge is 2.17. The lowest BCUT2D eigenvalue weighted by Crippen LogP contribution is -2.02. The summed E-state index contributed by atoms with van der Waals surface area (Å²) in [5.41, 5.74) is 0. The van der Waals surface area contributed by atoms with Gasteiger partial charge in [-0.3, -0.25) is 0 Å². The summed E-state index contributed by atoms with van der Waals surface area (Å²) >= 11 is 0. The molecule has 1 aliphatic carbocycles. The number of carbonyl (C=O) groups excluding carboxylic acids is 1. The van der Waals surface area contributed by atoms with E-state index < -0.39 is 0 Å². The molecule has 0 amide bonds. The summed E-state index contributed by atoms with van der Waals surface area (Å²) in [6.45, 7) is 2.87. The zero-order chi connectivity index (χ0) is 18.7. The summed E-state index contributed by atoms with van der Waals surface area (Å²) in [4.78, 5) is 11.4. The zero-order valence-electron chi connectivity index (χ0n) is 17.5. The van der Waals surface area contributed by atoms with Crippen molar-refractivity contribution in [1.29, 1.82) is 0 Å². The molecule has 1 fully saturated rings. The Balaban J connectivity index is 1.67. The highest BCUT2D eigenvalue weighted by atomic mass is 16.5. The van der Waals surface area contributed by atoms with E-state index in [1.165, 1.54) is 109 Å². The summed E-state index contributed by atoms with van der Waals surface area (Å²) in [6, 6.07) is 0. The molecule has 0 N–H and O–H groups in total. The Morgan fingerprint density at radius 3 is 1.58 bits per heavy atom. The topological polar surface area (TPSA) is 26.3 Å². The van der Waals surface area contributed by atoms with Crippen molar-refractivity contribution in [2.45, 2.75) is 122 Å². The lowest BCUT2D eigenvalue weighted by atomic mass is 10.0. The molecule has 26 heavy (non-hydrogen) atoms. The Morgan fingerprint density at radius 2 is 1.15 bits per heavy atom. The molecule has 0 atom stereocenters. The second-order valence-electron chi connectivity index (χ2n) is 8.17. The van der Waals surface area contributed by atoms with Crippen molar-refractivity contribution >= 4 is 5.97 Å². The van der Waals surface area contributed by atoms with Gasteiger partial charge in [0.25, 0.3) is 0 Å². The normalized spacial score (nSPS) is 14.2. The van der Waals surface area contributed by atoms with Crippen LogP contribution < -0.4 is 0 Å². The number of allylic oxidation sites excluding steroid dienone is 1. The molecule has 0 radical (unpaired) electrons. The zero-order valence-corrected chi connectivity index (χ0v) is 17.5. The van der Waals surface area contributed by atoms with Crippen LogP contribution in [0.15, 0.2) is 12.2 Å². The Labute approximate surface area is 163 Å². The van der Waals surface area contributed by atoms with Gasteiger partial charge in [-0.05, 0) is 25.2 Å². The molecule has 0 unspecified atom stereocenters. The number of unbranched alkanes of at least 4 members (excludes halogenated alkanes) is 15. The molecule has 0 aromatic carbocycles. The quantitative estimate of drug-likeness (QED) is 0.133. The first kappa shape index (κ1) is 23.2. The Kier molecular flexibility index (Phi) is 15.8. The maximum absolute atomic E-state index is 11.4. The SMILES string of the molecule is CCCCCCCCCCCCCCCCCCOC(=O)C=CC1CC1. The van der Waals surface area contributed by atoms with Gasteiger partial charge in [-0.15, -0.1) is 0 Å². The van der Waals surface area contributed by atoms with Gasteiger partial charge in [0.2, 0.25) is 0 Å². The van der Waals surface area contributed by atoms with Gasteiger partial charge < -0.3 is 4.74 Å². The molecule has 0 spiro atoms. The number of hydrogen-bond acceptors (Lipinski definition) is 2. The molecule has 1 rings (SSSR count). The van der Waals surface area contributed by atoms with Crippen molar-refractivity contribution in [2.75, 3.05) is 6.61 Å². The summed E-state index contributed by atoms with van der Waals surface area (Å²) in [7, 11) is 0. The van der Waals surface area contributed by atoms with Crippen LogP contribution in [0.25, 0.3) is 0 Å². The van der Waals surface area contributed by atoms with Crippen molar-refractivity contribution in [1.82, 2.24) is 0 Å². The van der Waals surface area contributed by atoms with Crippen LogP contribution in [0.3, 0.4) is 0 Å². The minimum atomic E-state index is -0.155. The third-order valence-electron chi connectivity index (χ3n) is 5.37. The van der Waals surface area contributed by atoms with E-state index in [1.807, 2.05) is 6.08 Å². The van der Waals surface area contributed by atoms with Crippen LogP contribution in [0.4, 0.5) is 0 Å². The summed E-state index contributed by atoms with van der Waals surface area (Å²) in [6.07, 6.45) is 28.0. The van der Waals surface area contributed by atoms with Crippen molar-refractivity contribution in [3.05, 3.63) is 12.2 Å². The van der Waals surface area contributed by atoms with E-state index in [4.69, 9.17) is 4.74 Å². The maximum atomic E-state index is 11.4. The first-order valence-corrected chi connectivity index (χ1v) is 11.7. The molecular weight excluding hydrogens is 320 g/mol. The predicted octanol–water partition coefficient (Wildman–Crippen LogP) is 7.76. The summed E-state index contributed by atoms with van der Waals surface area (Å²) in [5, 5.41) is 0. The fraction of sp³-hybridized carbons (Fsp3) is 0.875. The third-order valence-corrected chi connectivity index (χ3v) is 5.37. The molecule has 152 valence electrons. The van der Waals surface area contributed by atoms with Gasteiger partial charge in [-0.2, -0.15) is 0 Å². The molecule has 1 saturated carbocycles. The molecule has 0 aromatic heterocycles. The van der Waals surface area contributed by atoms with Gasteiger partial charge in [0.05, 0.1) is 6.61 Å². The summed E-state index contributed by atoms with van der Waals surface area (Å²) < 4.78 is 5.21. The second-order valence-corrected chi connectivity index (χ2v) is 8.17. The highest BCUT2D eigenvalue weighted by molar-refractivity contribution is 5.81. The van der Waals surface area contributed by atoms with Gasteiger partial charge in [0.1, 0.15) is 0 Å². The largest absolute Gasteiger partial charge is 0.463 e. The van der Waals surface area contributed by atoms with E-state index in [0.717, 1.165) is 6.42 Å². The van der Waals surface area contributed by atoms with E-state index in [-0.39, 0.29) is 5.97 Å². The fourth-order valence-corrected chi connectivity index (χ4v) is 3.37. The number of hydrogen-bond donors (Lipinski definition) is 0.